The topological polar surface area (TPSA) is 75.7 Å². The number of nitrogens with two attached hydrogens (primary N) is 1. The Morgan fingerprint density at radius 2 is 2.40 bits per heavy atom. The molecule has 15 heavy (non-hydrogen) atoms. The second-order valence-corrected chi connectivity index (χ2v) is 4.23. The van der Waals surface area contributed by atoms with Gasteiger partial charge in [0.15, 0.2) is 0 Å². The van der Waals surface area contributed by atoms with E-state index in [1.807, 2.05) is 0 Å². The smallest absolute Gasteiger partial charge is 0.345 e. The Kier molecular flexibility index (Phi) is 3.88. The van der Waals surface area contributed by atoms with E-state index in [2.05, 4.69) is 4.99 Å². The highest BCUT2D eigenvalue weighted by Crippen LogP contribution is 2.28. The van der Waals surface area contributed by atoms with Crippen LogP contribution in [0.5, 0.6) is 0 Å². The summed E-state index contributed by atoms with van der Waals surface area (Å²) in [5.74, 6) is -1.000. The van der Waals surface area contributed by atoms with Crippen molar-refractivity contribution in [2.75, 3.05) is 7.05 Å². The van der Waals surface area contributed by atoms with E-state index < -0.39 is 5.97 Å². The van der Waals surface area contributed by atoms with E-state index in [9.17, 15) is 4.79 Å². The van der Waals surface area contributed by atoms with Crippen LogP contribution in [0, 0.1) is 0 Å². The van der Waals surface area contributed by atoms with Gasteiger partial charge in [0.1, 0.15) is 9.21 Å². The molecule has 1 aromatic heterocycles. The molecule has 80 valence electrons. The maximum atomic E-state index is 10.7. The van der Waals surface area contributed by atoms with E-state index in [4.69, 9.17) is 22.4 Å². The molecule has 0 saturated heterocycles. The van der Waals surface area contributed by atoms with E-state index in [-0.39, 0.29) is 4.88 Å². The summed E-state index contributed by atoms with van der Waals surface area (Å²) in [7, 11) is 1.59. The lowest BCUT2D eigenvalue weighted by atomic mass is 10.2. The lowest BCUT2D eigenvalue weighted by Crippen LogP contribution is -1.97. The molecule has 1 aromatic rings. The number of carbonyl (C=O) groups is 1. The van der Waals surface area contributed by atoms with Gasteiger partial charge in [0, 0.05) is 12.6 Å². The van der Waals surface area contributed by atoms with E-state index in [1.54, 1.807) is 13.1 Å². The molecule has 0 amide bonds. The number of aromatic carboxylic acids is 1. The molecular weight excluding hydrogens is 236 g/mol. The molecule has 0 bridgehead atoms. The Labute approximate surface area is 95.7 Å². The second kappa shape index (κ2) is 4.95. The van der Waals surface area contributed by atoms with Crippen LogP contribution in [0.4, 0.5) is 0 Å². The van der Waals surface area contributed by atoms with Crippen LogP contribution < -0.4 is 5.73 Å². The molecule has 0 unspecified atom stereocenters. The van der Waals surface area contributed by atoms with Crippen LogP contribution in [-0.2, 0) is 0 Å². The molecule has 6 heteroatoms. The molecule has 0 spiro atoms. The number of halogens is 1. The maximum Gasteiger partial charge on any atom is 0.345 e. The van der Waals surface area contributed by atoms with Gasteiger partial charge in [-0.05, 0) is 18.3 Å². The third kappa shape index (κ3) is 2.57. The van der Waals surface area contributed by atoms with Gasteiger partial charge in [-0.2, -0.15) is 0 Å². The number of rotatable bonds is 3. The largest absolute Gasteiger partial charge is 0.477 e. The summed E-state index contributed by atoms with van der Waals surface area (Å²) < 4.78 is 0.395. The van der Waals surface area contributed by atoms with Crippen molar-refractivity contribution >= 4 is 34.6 Å². The molecule has 0 fully saturated rings. The average molecular weight is 245 g/mol. The number of hydrogen-bond acceptors (Lipinski definition) is 4. The molecule has 0 radical (unpaired) electrons. The van der Waals surface area contributed by atoms with Crippen molar-refractivity contribution in [2.24, 2.45) is 10.7 Å². The minimum Gasteiger partial charge on any atom is -0.477 e. The summed E-state index contributed by atoms with van der Waals surface area (Å²) in [4.78, 5) is 14.8. The zero-order valence-electron chi connectivity index (χ0n) is 7.90. The van der Waals surface area contributed by atoms with E-state index in [0.717, 1.165) is 11.3 Å². The first kappa shape index (κ1) is 11.7. The third-order valence-corrected chi connectivity index (χ3v) is 3.02. The highest BCUT2D eigenvalue weighted by atomic mass is 35.5. The first-order valence-electron chi connectivity index (χ1n) is 3.98. The van der Waals surface area contributed by atoms with Crippen molar-refractivity contribution in [1.82, 2.24) is 0 Å². The summed E-state index contributed by atoms with van der Waals surface area (Å²) in [6.45, 7) is 0. The highest BCUT2D eigenvalue weighted by Gasteiger charge is 2.14. The summed E-state index contributed by atoms with van der Waals surface area (Å²) in [6.07, 6.45) is 2.90. The van der Waals surface area contributed by atoms with Crippen LogP contribution in [-0.4, -0.2) is 23.8 Å². The molecule has 0 aliphatic rings. The molecule has 0 atom stereocenters. The lowest BCUT2D eigenvalue weighted by molar-refractivity contribution is 0.0702. The van der Waals surface area contributed by atoms with Gasteiger partial charge in [-0.15, -0.1) is 11.3 Å². The first-order chi connectivity index (χ1) is 7.10. The van der Waals surface area contributed by atoms with Gasteiger partial charge in [0.25, 0.3) is 0 Å². The molecule has 1 rings (SSSR count). The average Bonchev–Trinajstić information content (AvgIpc) is 2.57. The molecule has 0 saturated carbocycles. The highest BCUT2D eigenvalue weighted by molar-refractivity contribution is 7.18. The number of carboxylic acids is 1. The maximum absolute atomic E-state index is 10.7. The molecule has 0 aliphatic heterocycles. The number of allylic oxidation sites excluding steroid dienone is 1. The van der Waals surface area contributed by atoms with Gasteiger partial charge in [0.05, 0.1) is 5.71 Å². The molecule has 4 nitrogen and oxygen atoms in total. The monoisotopic (exact) mass is 244 g/mol. The van der Waals surface area contributed by atoms with Gasteiger partial charge in [0.2, 0.25) is 0 Å². The van der Waals surface area contributed by atoms with Crippen molar-refractivity contribution < 1.29 is 9.90 Å². The van der Waals surface area contributed by atoms with Crippen molar-refractivity contribution in [2.45, 2.75) is 0 Å². The Hall–Kier alpha value is -1.33. The summed E-state index contributed by atoms with van der Waals surface area (Å²) in [6, 6.07) is 1.48. The van der Waals surface area contributed by atoms with Gasteiger partial charge in [-0.1, -0.05) is 11.6 Å². The third-order valence-electron chi connectivity index (χ3n) is 1.67. The van der Waals surface area contributed by atoms with Crippen LogP contribution >= 0.6 is 22.9 Å². The van der Waals surface area contributed by atoms with E-state index in [1.165, 1.54) is 12.3 Å². The fraction of sp³-hybridized carbons (Fsp3) is 0.111. The minimum absolute atomic E-state index is 0.182. The molecule has 1 heterocycles. The van der Waals surface area contributed by atoms with E-state index >= 15 is 0 Å². The number of aliphatic imine (C=N–C) groups is 1. The second-order valence-electron chi connectivity index (χ2n) is 2.57. The summed E-state index contributed by atoms with van der Waals surface area (Å²) in [5, 5.41) is 8.78. The molecule has 3 N–H and O–H groups in total. The predicted molar refractivity (Wildman–Crippen MR) is 62.1 cm³/mol. The van der Waals surface area contributed by atoms with Gasteiger partial charge < -0.3 is 10.8 Å². The number of nitrogens with zero attached hydrogens (tertiary/aromatic N) is 1. The van der Waals surface area contributed by atoms with Crippen molar-refractivity contribution in [3.8, 4) is 0 Å². The Morgan fingerprint density at radius 3 is 2.80 bits per heavy atom. The Balaban J connectivity index is 3.19. The zero-order valence-corrected chi connectivity index (χ0v) is 9.47. The SMILES string of the molecule is CN=C(C=CN)c1cc(C(=O)O)sc1Cl. The van der Waals surface area contributed by atoms with Crippen molar-refractivity contribution in [1.29, 1.82) is 0 Å². The lowest BCUT2D eigenvalue weighted by Gasteiger charge is -1.95. The minimum atomic E-state index is -1.000. The van der Waals surface area contributed by atoms with Crippen LogP contribution in [0.1, 0.15) is 15.2 Å². The van der Waals surface area contributed by atoms with Crippen LogP contribution in [0.25, 0.3) is 0 Å². The quantitative estimate of drug-likeness (QED) is 0.799. The van der Waals surface area contributed by atoms with Crippen molar-refractivity contribution in [3.63, 3.8) is 0 Å². The van der Waals surface area contributed by atoms with Crippen LogP contribution in [0.2, 0.25) is 4.34 Å². The molecule has 0 aromatic carbocycles. The molecule has 0 aliphatic carbocycles. The van der Waals surface area contributed by atoms with Gasteiger partial charge >= 0.3 is 5.97 Å². The number of hydrogen-bond donors (Lipinski definition) is 2. The number of carboxylic acid groups (broad SMARTS) is 1. The van der Waals surface area contributed by atoms with Crippen LogP contribution in [0.15, 0.2) is 23.3 Å². The van der Waals surface area contributed by atoms with Crippen molar-refractivity contribution in [3.05, 3.63) is 33.1 Å². The van der Waals surface area contributed by atoms with Gasteiger partial charge in [-0.3, -0.25) is 4.99 Å². The van der Waals surface area contributed by atoms with E-state index in [0.29, 0.717) is 15.6 Å². The van der Waals surface area contributed by atoms with Crippen LogP contribution in [0.3, 0.4) is 0 Å². The van der Waals surface area contributed by atoms with Gasteiger partial charge in [-0.25, -0.2) is 4.79 Å². The summed E-state index contributed by atoms with van der Waals surface area (Å²) in [5.41, 5.74) is 6.39. The molecular formula is C9H9ClN2O2S. The zero-order chi connectivity index (χ0) is 11.4. The normalized spacial score (nSPS) is 12.3. The standard InChI is InChI=1S/C9H9ClN2O2S/c1-12-6(2-3-11)5-4-7(9(13)14)15-8(5)10/h2-4H,11H2,1H3,(H,13,14). The fourth-order valence-corrected chi connectivity index (χ4v) is 2.16. The first-order valence-corrected chi connectivity index (χ1v) is 5.17. The summed E-state index contributed by atoms with van der Waals surface area (Å²) >= 11 is 6.90. The number of thiophene rings is 1. The Morgan fingerprint density at radius 1 is 1.73 bits per heavy atom. The fourth-order valence-electron chi connectivity index (χ4n) is 1.02. The predicted octanol–water partition coefficient (Wildman–Crippen LogP) is 1.99. The Bertz CT molecular complexity index is 437.